The number of aryl methyl sites for hydroxylation is 2. The second-order valence-corrected chi connectivity index (χ2v) is 3.83. The van der Waals surface area contributed by atoms with Gasteiger partial charge in [-0.3, -0.25) is 0 Å². The Bertz CT molecular complexity index is 431. The van der Waals surface area contributed by atoms with E-state index < -0.39 is 0 Å². The zero-order chi connectivity index (χ0) is 8.72. The molecule has 0 amide bonds. The predicted octanol–water partition coefficient (Wildman–Crippen LogP) is 2.50. The fourth-order valence-electron chi connectivity index (χ4n) is 1.41. The zero-order valence-electron chi connectivity index (χ0n) is 7.09. The molecule has 0 fully saturated rings. The number of benzene rings is 1. The van der Waals surface area contributed by atoms with Crippen LogP contribution in [0.1, 0.15) is 11.1 Å². The van der Waals surface area contributed by atoms with Crippen molar-refractivity contribution in [2.75, 3.05) is 5.73 Å². The molecule has 0 bridgehead atoms. The van der Waals surface area contributed by atoms with Crippen LogP contribution >= 0.6 is 11.5 Å². The van der Waals surface area contributed by atoms with Crippen LogP contribution < -0.4 is 5.73 Å². The zero-order valence-corrected chi connectivity index (χ0v) is 7.90. The Morgan fingerprint density at radius 2 is 2.08 bits per heavy atom. The lowest BCUT2D eigenvalue weighted by atomic mass is 10.1. The third-order valence-corrected chi connectivity index (χ3v) is 2.64. The van der Waals surface area contributed by atoms with E-state index >= 15 is 0 Å². The van der Waals surface area contributed by atoms with Crippen molar-refractivity contribution >= 4 is 27.4 Å². The van der Waals surface area contributed by atoms with Gasteiger partial charge in [-0.05, 0) is 37.0 Å². The van der Waals surface area contributed by atoms with E-state index in [1.54, 1.807) is 0 Å². The molecule has 0 saturated carbocycles. The third kappa shape index (κ3) is 0.975. The molecular weight excluding hydrogens is 168 g/mol. The monoisotopic (exact) mass is 178 g/mol. The molecule has 0 spiro atoms. The Hall–Kier alpha value is -1.09. The number of hydrogen-bond donors (Lipinski definition) is 1. The first kappa shape index (κ1) is 7.55. The lowest BCUT2D eigenvalue weighted by molar-refractivity contribution is 1.41. The number of hydrogen-bond acceptors (Lipinski definition) is 3. The van der Waals surface area contributed by atoms with Gasteiger partial charge in [-0.2, -0.15) is 4.37 Å². The van der Waals surface area contributed by atoms with Crippen molar-refractivity contribution < 1.29 is 0 Å². The van der Waals surface area contributed by atoms with Gasteiger partial charge in [-0.25, -0.2) is 0 Å². The summed E-state index contributed by atoms with van der Waals surface area (Å²) in [7, 11) is 0. The van der Waals surface area contributed by atoms with Crippen molar-refractivity contribution in [2.24, 2.45) is 0 Å². The highest BCUT2D eigenvalue weighted by atomic mass is 32.1. The van der Waals surface area contributed by atoms with Crippen molar-refractivity contribution in [2.45, 2.75) is 13.8 Å². The Labute approximate surface area is 75.2 Å². The van der Waals surface area contributed by atoms with Crippen molar-refractivity contribution in [3.8, 4) is 0 Å². The molecule has 2 rings (SSSR count). The molecule has 1 heterocycles. The molecule has 0 saturated heterocycles. The summed E-state index contributed by atoms with van der Waals surface area (Å²) in [4.78, 5) is 0. The van der Waals surface area contributed by atoms with Crippen LogP contribution in [0.25, 0.3) is 10.9 Å². The molecule has 2 N–H and O–H groups in total. The molecule has 0 aliphatic heterocycles. The Morgan fingerprint density at radius 3 is 2.83 bits per heavy atom. The summed E-state index contributed by atoms with van der Waals surface area (Å²) in [6, 6.07) is 4.21. The average Bonchev–Trinajstić information content (AvgIpc) is 2.33. The van der Waals surface area contributed by atoms with E-state index in [-0.39, 0.29) is 0 Å². The standard InChI is InChI=1S/C9H10N2S/c1-5-3-6(2)8-7(4-5)9(10)12-11-8/h3-4H,10H2,1-2H3. The first-order valence-corrected chi connectivity index (χ1v) is 4.58. The van der Waals surface area contributed by atoms with Gasteiger partial charge in [-0.1, -0.05) is 11.6 Å². The van der Waals surface area contributed by atoms with E-state index in [2.05, 4.69) is 30.4 Å². The number of nitrogens with zero attached hydrogens (tertiary/aromatic N) is 1. The largest absolute Gasteiger partial charge is 0.389 e. The minimum Gasteiger partial charge on any atom is -0.389 e. The van der Waals surface area contributed by atoms with Crippen molar-refractivity contribution in [1.82, 2.24) is 4.37 Å². The molecule has 1 aromatic carbocycles. The van der Waals surface area contributed by atoms with E-state index in [0.29, 0.717) is 0 Å². The van der Waals surface area contributed by atoms with Gasteiger partial charge in [-0.15, -0.1) is 0 Å². The van der Waals surface area contributed by atoms with Crippen LogP contribution in [0, 0.1) is 13.8 Å². The second-order valence-electron chi connectivity index (χ2n) is 3.02. The topological polar surface area (TPSA) is 38.9 Å². The second kappa shape index (κ2) is 2.45. The number of nitrogens with two attached hydrogens (primary N) is 1. The molecule has 0 radical (unpaired) electrons. The maximum absolute atomic E-state index is 5.77. The molecule has 0 aliphatic carbocycles. The molecule has 2 aromatic rings. The van der Waals surface area contributed by atoms with Crippen LogP contribution in [0.5, 0.6) is 0 Å². The highest BCUT2D eigenvalue weighted by Gasteiger charge is 2.05. The first-order chi connectivity index (χ1) is 5.68. The number of nitrogen functional groups attached to an aromatic ring is 1. The van der Waals surface area contributed by atoms with E-state index in [0.717, 1.165) is 15.9 Å². The van der Waals surface area contributed by atoms with Gasteiger partial charge in [0.05, 0.1) is 5.52 Å². The van der Waals surface area contributed by atoms with Gasteiger partial charge >= 0.3 is 0 Å². The molecule has 3 heteroatoms. The summed E-state index contributed by atoms with van der Waals surface area (Å²) >= 11 is 1.37. The summed E-state index contributed by atoms with van der Waals surface area (Å²) in [6.07, 6.45) is 0. The maximum atomic E-state index is 5.77. The number of rotatable bonds is 0. The highest BCUT2D eigenvalue weighted by Crippen LogP contribution is 2.27. The lowest BCUT2D eigenvalue weighted by Gasteiger charge is -1.97. The predicted molar refractivity (Wildman–Crippen MR) is 53.5 cm³/mol. The first-order valence-electron chi connectivity index (χ1n) is 3.80. The molecule has 1 aromatic heterocycles. The van der Waals surface area contributed by atoms with Gasteiger partial charge < -0.3 is 5.73 Å². The molecule has 62 valence electrons. The van der Waals surface area contributed by atoms with Crippen LogP contribution in [-0.4, -0.2) is 4.37 Å². The highest BCUT2D eigenvalue weighted by molar-refractivity contribution is 7.11. The smallest absolute Gasteiger partial charge is 0.114 e. The summed E-state index contributed by atoms with van der Waals surface area (Å²) in [5, 5.41) is 1.91. The normalized spacial score (nSPS) is 10.8. The number of fused-ring (bicyclic) bond motifs is 1. The average molecular weight is 178 g/mol. The minimum atomic E-state index is 0.816. The molecule has 0 atom stereocenters. The fraction of sp³-hybridized carbons (Fsp3) is 0.222. The van der Waals surface area contributed by atoms with Gasteiger partial charge in [0.2, 0.25) is 0 Å². The van der Waals surface area contributed by atoms with Crippen LogP contribution in [0.2, 0.25) is 0 Å². The Kier molecular flexibility index (Phi) is 1.54. The maximum Gasteiger partial charge on any atom is 0.114 e. The van der Waals surface area contributed by atoms with E-state index in [9.17, 15) is 0 Å². The van der Waals surface area contributed by atoms with Crippen molar-refractivity contribution in [3.63, 3.8) is 0 Å². The number of aromatic nitrogens is 1. The minimum absolute atomic E-state index is 0.816. The van der Waals surface area contributed by atoms with Crippen molar-refractivity contribution in [3.05, 3.63) is 23.3 Å². The van der Waals surface area contributed by atoms with Gasteiger partial charge in [0.15, 0.2) is 0 Å². The van der Waals surface area contributed by atoms with Gasteiger partial charge in [0.1, 0.15) is 5.00 Å². The SMILES string of the molecule is Cc1cc(C)c2nsc(N)c2c1. The van der Waals surface area contributed by atoms with E-state index in [4.69, 9.17) is 5.73 Å². The van der Waals surface area contributed by atoms with E-state index in [1.807, 2.05) is 0 Å². The summed E-state index contributed by atoms with van der Waals surface area (Å²) in [5.41, 5.74) is 9.26. The molecule has 0 unspecified atom stereocenters. The third-order valence-electron chi connectivity index (χ3n) is 1.95. The number of anilines is 1. The summed E-state index contributed by atoms with van der Waals surface area (Å²) < 4.78 is 4.28. The lowest BCUT2D eigenvalue weighted by Crippen LogP contribution is -1.82. The van der Waals surface area contributed by atoms with Crippen LogP contribution in [-0.2, 0) is 0 Å². The van der Waals surface area contributed by atoms with Gasteiger partial charge in [0, 0.05) is 5.39 Å². The molecule has 2 nitrogen and oxygen atoms in total. The quantitative estimate of drug-likeness (QED) is 0.673. The van der Waals surface area contributed by atoms with Crippen molar-refractivity contribution in [1.29, 1.82) is 0 Å². The van der Waals surface area contributed by atoms with Crippen LogP contribution in [0.3, 0.4) is 0 Å². The van der Waals surface area contributed by atoms with Crippen LogP contribution in [0.4, 0.5) is 5.00 Å². The van der Waals surface area contributed by atoms with Crippen LogP contribution in [0.15, 0.2) is 12.1 Å². The Morgan fingerprint density at radius 1 is 1.33 bits per heavy atom. The summed E-state index contributed by atoms with van der Waals surface area (Å²) in [6.45, 7) is 4.14. The summed E-state index contributed by atoms with van der Waals surface area (Å²) in [5.74, 6) is 0. The Balaban J connectivity index is 2.92. The van der Waals surface area contributed by atoms with Gasteiger partial charge in [0.25, 0.3) is 0 Å². The molecule has 12 heavy (non-hydrogen) atoms. The molecule has 0 aliphatic rings. The fourth-order valence-corrected chi connectivity index (χ4v) is 2.10. The van der Waals surface area contributed by atoms with E-state index in [1.165, 1.54) is 22.7 Å². The molecular formula is C9H10N2S.